The molecule has 0 unspecified atom stereocenters. The maximum Gasteiger partial charge on any atom is 0.216 e. The standard InChI is InChI=1S/C25H24FN2O/c1-15-7-9-18-19-12-17(27-5)8-10-22(19)29-24(18)23(15)21-11-16(13-25(2,3)4)20(26)14-28(21)6/h7-12,14H,13H2,1-4,6H3/q+1/i13D2. The molecule has 2 aromatic heterocycles. The highest BCUT2D eigenvalue weighted by Crippen LogP contribution is 2.38. The van der Waals surface area contributed by atoms with Gasteiger partial charge < -0.3 is 4.42 Å². The first-order chi connectivity index (χ1) is 14.5. The lowest BCUT2D eigenvalue weighted by Crippen LogP contribution is -2.32. The Morgan fingerprint density at radius 3 is 2.62 bits per heavy atom. The van der Waals surface area contributed by atoms with Gasteiger partial charge in [0.2, 0.25) is 11.9 Å². The molecule has 0 aliphatic heterocycles. The van der Waals surface area contributed by atoms with Crippen molar-refractivity contribution in [2.24, 2.45) is 12.5 Å². The van der Waals surface area contributed by atoms with E-state index in [4.69, 9.17) is 13.7 Å². The van der Waals surface area contributed by atoms with Crippen LogP contribution in [0.5, 0.6) is 0 Å². The summed E-state index contributed by atoms with van der Waals surface area (Å²) in [5.74, 6) is -0.581. The van der Waals surface area contributed by atoms with Crippen LogP contribution < -0.4 is 4.57 Å². The topological polar surface area (TPSA) is 21.4 Å². The Hall–Kier alpha value is -3.19. The van der Waals surface area contributed by atoms with Crippen LogP contribution in [-0.2, 0) is 13.4 Å². The maximum absolute atomic E-state index is 14.9. The lowest BCUT2D eigenvalue weighted by molar-refractivity contribution is -0.662. The quantitative estimate of drug-likeness (QED) is 0.277. The third kappa shape index (κ3) is 3.38. The number of nitrogens with zero attached hydrogens (tertiary/aromatic N) is 2. The first-order valence-corrected chi connectivity index (χ1v) is 9.49. The number of furan rings is 1. The molecular formula is C25H24FN2O+. The summed E-state index contributed by atoms with van der Waals surface area (Å²) < 4.78 is 40.0. The summed E-state index contributed by atoms with van der Waals surface area (Å²) in [7, 11) is 1.74. The van der Waals surface area contributed by atoms with Crippen molar-refractivity contribution in [3.8, 4) is 11.3 Å². The number of aryl methyl sites for hydroxylation is 2. The van der Waals surface area contributed by atoms with E-state index in [-0.39, 0.29) is 5.56 Å². The van der Waals surface area contributed by atoms with Gasteiger partial charge in [-0.2, -0.15) is 4.57 Å². The highest BCUT2D eigenvalue weighted by Gasteiger charge is 2.24. The van der Waals surface area contributed by atoms with Crippen molar-refractivity contribution < 1.29 is 16.1 Å². The molecule has 0 aliphatic carbocycles. The number of rotatable bonds is 2. The van der Waals surface area contributed by atoms with E-state index < -0.39 is 17.6 Å². The Morgan fingerprint density at radius 2 is 1.93 bits per heavy atom. The Bertz CT molecular complexity index is 1390. The third-order valence-corrected chi connectivity index (χ3v) is 4.95. The number of aromatic nitrogens is 1. The minimum Gasteiger partial charge on any atom is -0.455 e. The molecule has 2 heterocycles. The van der Waals surface area contributed by atoms with Crippen LogP contribution in [0.15, 0.2) is 47.0 Å². The fourth-order valence-corrected chi connectivity index (χ4v) is 3.68. The lowest BCUT2D eigenvalue weighted by Gasteiger charge is -2.18. The molecule has 4 heteroatoms. The predicted octanol–water partition coefficient (Wildman–Crippen LogP) is 6.66. The zero-order chi connectivity index (χ0) is 22.7. The van der Waals surface area contributed by atoms with Gasteiger partial charge >= 0.3 is 0 Å². The van der Waals surface area contributed by atoms with Crippen molar-refractivity contribution in [3.63, 3.8) is 0 Å². The van der Waals surface area contributed by atoms with Gasteiger partial charge in [-0.1, -0.05) is 39.0 Å². The molecule has 0 N–H and O–H groups in total. The van der Waals surface area contributed by atoms with E-state index in [9.17, 15) is 4.39 Å². The highest BCUT2D eigenvalue weighted by atomic mass is 19.1. The minimum atomic E-state index is -1.87. The average molecular weight is 389 g/mol. The van der Waals surface area contributed by atoms with Crippen LogP contribution in [-0.4, -0.2) is 0 Å². The highest BCUT2D eigenvalue weighted by molar-refractivity contribution is 6.10. The second kappa shape index (κ2) is 6.70. The van der Waals surface area contributed by atoms with Gasteiger partial charge in [-0.25, -0.2) is 9.24 Å². The molecule has 0 saturated heterocycles. The van der Waals surface area contributed by atoms with E-state index in [1.807, 2.05) is 25.1 Å². The fourth-order valence-electron chi connectivity index (χ4n) is 3.68. The van der Waals surface area contributed by atoms with E-state index in [0.29, 0.717) is 22.5 Å². The summed E-state index contributed by atoms with van der Waals surface area (Å²) in [5.41, 5.74) is 3.46. The molecule has 0 aliphatic rings. The van der Waals surface area contributed by atoms with Crippen molar-refractivity contribution in [2.75, 3.05) is 0 Å². The molecule has 2 aromatic carbocycles. The van der Waals surface area contributed by atoms with E-state index in [1.165, 1.54) is 6.20 Å². The molecule has 146 valence electrons. The molecule has 4 rings (SSSR count). The van der Waals surface area contributed by atoms with Crippen LogP contribution in [0.1, 0.15) is 34.6 Å². The molecule has 0 amide bonds. The SMILES string of the molecule is [2H]C([2H])(c1cc(-c2c(C)ccc3c2oc2ccc([N+]#[C-])cc23)[n+](C)cc1F)C(C)(C)C. The van der Waals surface area contributed by atoms with Crippen LogP contribution in [0.2, 0.25) is 0 Å². The van der Waals surface area contributed by atoms with E-state index in [0.717, 1.165) is 21.9 Å². The fraction of sp³-hybridized carbons (Fsp3) is 0.280. The van der Waals surface area contributed by atoms with E-state index in [1.54, 1.807) is 50.6 Å². The van der Waals surface area contributed by atoms with Crippen LogP contribution in [0.3, 0.4) is 0 Å². The summed E-state index contributed by atoms with van der Waals surface area (Å²) in [5, 5.41) is 1.71. The molecule has 3 nitrogen and oxygen atoms in total. The lowest BCUT2D eigenvalue weighted by atomic mass is 9.87. The zero-order valence-corrected chi connectivity index (χ0v) is 17.2. The molecule has 0 fully saturated rings. The normalized spacial score (nSPS) is 13.4. The number of hydrogen-bond acceptors (Lipinski definition) is 1. The van der Waals surface area contributed by atoms with Crippen molar-refractivity contribution in [3.05, 3.63) is 71.0 Å². The van der Waals surface area contributed by atoms with Crippen LogP contribution in [0.4, 0.5) is 10.1 Å². The van der Waals surface area contributed by atoms with Crippen LogP contribution in [0, 0.1) is 24.7 Å². The van der Waals surface area contributed by atoms with Crippen molar-refractivity contribution >= 4 is 27.6 Å². The largest absolute Gasteiger partial charge is 0.455 e. The number of hydrogen-bond donors (Lipinski definition) is 0. The second-order valence-electron chi connectivity index (χ2n) is 8.43. The monoisotopic (exact) mass is 389 g/mol. The smallest absolute Gasteiger partial charge is 0.216 e. The van der Waals surface area contributed by atoms with Crippen molar-refractivity contribution in [1.82, 2.24) is 0 Å². The van der Waals surface area contributed by atoms with Gasteiger partial charge in [0.05, 0.1) is 12.1 Å². The average Bonchev–Trinajstić information content (AvgIpc) is 3.05. The van der Waals surface area contributed by atoms with Gasteiger partial charge in [0.1, 0.15) is 18.2 Å². The summed E-state index contributed by atoms with van der Waals surface area (Å²) >= 11 is 0. The van der Waals surface area contributed by atoms with Gasteiger partial charge in [-0.3, -0.25) is 0 Å². The molecule has 4 aromatic rings. The summed E-state index contributed by atoms with van der Waals surface area (Å²) in [6, 6.07) is 10.8. The Kier molecular flexibility index (Phi) is 3.87. The maximum atomic E-state index is 14.9. The number of benzene rings is 2. The first-order valence-electron chi connectivity index (χ1n) is 10.5. The molecule has 29 heavy (non-hydrogen) atoms. The van der Waals surface area contributed by atoms with E-state index in [2.05, 4.69) is 4.85 Å². The minimum absolute atomic E-state index is 0.0240. The summed E-state index contributed by atoms with van der Waals surface area (Å²) in [6.07, 6.45) is -0.549. The van der Waals surface area contributed by atoms with Gasteiger partial charge in [-0.15, -0.1) is 0 Å². The molecule has 0 atom stereocenters. The Labute approximate surface area is 173 Å². The van der Waals surface area contributed by atoms with Crippen LogP contribution >= 0.6 is 0 Å². The molecule has 0 spiro atoms. The molecular weight excluding hydrogens is 363 g/mol. The summed E-state index contributed by atoms with van der Waals surface area (Å²) in [4.78, 5) is 3.51. The predicted molar refractivity (Wildman–Crippen MR) is 114 cm³/mol. The number of fused-ring (bicyclic) bond motifs is 3. The van der Waals surface area contributed by atoms with Gasteiger partial charge in [0.25, 0.3) is 0 Å². The zero-order valence-electron chi connectivity index (χ0n) is 19.2. The van der Waals surface area contributed by atoms with Crippen molar-refractivity contribution in [2.45, 2.75) is 34.1 Å². The molecule has 0 bridgehead atoms. The summed E-state index contributed by atoms with van der Waals surface area (Å²) in [6.45, 7) is 14.5. The van der Waals surface area contributed by atoms with Crippen LogP contribution in [0.25, 0.3) is 38.0 Å². The van der Waals surface area contributed by atoms with Gasteiger partial charge in [0.15, 0.2) is 11.5 Å². The van der Waals surface area contributed by atoms with E-state index >= 15 is 0 Å². The molecule has 0 saturated carbocycles. The number of pyridine rings is 1. The third-order valence-electron chi connectivity index (χ3n) is 4.95. The Morgan fingerprint density at radius 1 is 1.17 bits per heavy atom. The van der Waals surface area contributed by atoms with Gasteiger partial charge in [0, 0.05) is 25.1 Å². The van der Waals surface area contributed by atoms with Gasteiger partial charge in [-0.05, 0) is 36.4 Å². The Balaban J connectivity index is 2.07. The van der Waals surface area contributed by atoms with Crippen molar-refractivity contribution in [1.29, 1.82) is 0 Å². The molecule has 0 radical (unpaired) electrons. The number of halogens is 1. The second-order valence-corrected chi connectivity index (χ2v) is 8.43. The first kappa shape index (κ1) is 16.7.